The molecule has 2 rings (SSSR count). The summed E-state index contributed by atoms with van der Waals surface area (Å²) in [5, 5.41) is 0.859. The van der Waals surface area contributed by atoms with E-state index < -0.39 is 0 Å². The average molecular weight is 221 g/mol. The molecule has 0 aromatic heterocycles. The van der Waals surface area contributed by atoms with Gasteiger partial charge in [0.25, 0.3) is 0 Å². The number of benzene rings is 1. The summed E-state index contributed by atoms with van der Waals surface area (Å²) in [5.41, 5.74) is 6.94. The van der Waals surface area contributed by atoms with Crippen LogP contribution in [0.15, 0.2) is 29.2 Å². The first-order valence-electron chi connectivity index (χ1n) is 5.84. The first-order valence-corrected chi connectivity index (χ1v) is 6.72. The molecule has 0 aliphatic heterocycles. The molecule has 82 valence electrons. The van der Waals surface area contributed by atoms with E-state index in [0.29, 0.717) is 0 Å². The van der Waals surface area contributed by atoms with E-state index >= 15 is 0 Å². The molecule has 0 spiro atoms. The van der Waals surface area contributed by atoms with Crippen molar-refractivity contribution in [2.24, 2.45) is 5.73 Å². The van der Waals surface area contributed by atoms with E-state index in [1.54, 1.807) is 0 Å². The fourth-order valence-corrected chi connectivity index (χ4v) is 3.47. The van der Waals surface area contributed by atoms with Crippen LogP contribution in [0, 0.1) is 0 Å². The van der Waals surface area contributed by atoms with E-state index in [4.69, 9.17) is 5.73 Å². The molecule has 1 fully saturated rings. The van der Waals surface area contributed by atoms with Gasteiger partial charge in [-0.15, -0.1) is 11.8 Å². The summed E-state index contributed by atoms with van der Waals surface area (Å²) in [6.45, 7) is 0.748. The summed E-state index contributed by atoms with van der Waals surface area (Å²) >= 11 is 2.05. The van der Waals surface area contributed by atoms with Gasteiger partial charge >= 0.3 is 0 Å². The van der Waals surface area contributed by atoms with Crippen molar-refractivity contribution in [1.29, 1.82) is 0 Å². The van der Waals surface area contributed by atoms with Gasteiger partial charge in [0.2, 0.25) is 0 Å². The highest BCUT2D eigenvalue weighted by Gasteiger charge is 2.15. The molecule has 0 bridgehead atoms. The van der Waals surface area contributed by atoms with E-state index in [0.717, 1.165) is 18.2 Å². The molecule has 2 heteroatoms. The van der Waals surface area contributed by atoms with Gasteiger partial charge < -0.3 is 5.73 Å². The number of thioether (sulfide) groups is 1. The van der Waals surface area contributed by atoms with Gasteiger partial charge in [0.05, 0.1) is 0 Å². The van der Waals surface area contributed by atoms with Crippen molar-refractivity contribution >= 4 is 11.8 Å². The van der Waals surface area contributed by atoms with E-state index in [2.05, 4.69) is 36.0 Å². The molecular formula is C13H19NS. The smallest absolute Gasteiger partial charge is 0.00944 e. The van der Waals surface area contributed by atoms with Crippen LogP contribution in [0.5, 0.6) is 0 Å². The third-order valence-electron chi connectivity index (χ3n) is 2.94. The van der Waals surface area contributed by atoms with Crippen molar-refractivity contribution in [3.05, 3.63) is 29.8 Å². The minimum absolute atomic E-state index is 0.748. The molecule has 0 radical (unpaired) electrons. The van der Waals surface area contributed by atoms with Gasteiger partial charge in [0.1, 0.15) is 0 Å². The first-order chi connectivity index (χ1) is 7.38. The van der Waals surface area contributed by atoms with Crippen LogP contribution >= 0.6 is 11.8 Å². The maximum atomic E-state index is 5.57. The van der Waals surface area contributed by atoms with Gasteiger partial charge in [0.15, 0.2) is 0 Å². The lowest BCUT2D eigenvalue weighted by atomic mass is 10.2. The predicted octanol–water partition coefficient (Wildman–Crippen LogP) is 3.22. The number of rotatable bonds is 4. The van der Waals surface area contributed by atoms with E-state index in [1.807, 2.05) is 0 Å². The first kappa shape index (κ1) is 11.0. The van der Waals surface area contributed by atoms with Crippen LogP contribution in [0.25, 0.3) is 0 Å². The number of hydrogen-bond acceptors (Lipinski definition) is 2. The maximum absolute atomic E-state index is 5.57. The third-order valence-corrected chi connectivity index (χ3v) is 4.27. The lowest BCUT2D eigenvalue weighted by Crippen LogP contribution is -2.02. The molecule has 0 heterocycles. The fraction of sp³-hybridized carbons (Fsp3) is 0.538. The van der Waals surface area contributed by atoms with Gasteiger partial charge in [0, 0.05) is 10.1 Å². The Morgan fingerprint density at radius 3 is 2.80 bits per heavy atom. The SMILES string of the molecule is NCCc1cccc(SC2CCCC2)c1. The maximum Gasteiger partial charge on any atom is 0.00944 e. The summed E-state index contributed by atoms with van der Waals surface area (Å²) in [6.07, 6.45) is 6.62. The molecule has 15 heavy (non-hydrogen) atoms. The molecule has 1 aliphatic rings. The van der Waals surface area contributed by atoms with Crippen molar-refractivity contribution in [3.63, 3.8) is 0 Å². The Hall–Kier alpha value is -0.470. The Morgan fingerprint density at radius 2 is 2.07 bits per heavy atom. The Labute approximate surface area is 96.4 Å². The van der Waals surface area contributed by atoms with Crippen molar-refractivity contribution in [1.82, 2.24) is 0 Å². The summed E-state index contributed by atoms with van der Waals surface area (Å²) in [4.78, 5) is 1.42. The molecule has 1 aromatic carbocycles. The van der Waals surface area contributed by atoms with Crippen LogP contribution in [0.2, 0.25) is 0 Å². The third kappa shape index (κ3) is 3.25. The molecule has 1 aromatic rings. The minimum Gasteiger partial charge on any atom is -0.330 e. The van der Waals surface area contributed by atoms with Crippen LogP contribution in [0.3, 0.4) is 0 Å². The quantitative estimate of drug-likeness (QED) is 0.845. The second-order valence-corrected chi connectivity index (χ2v) is 5.58. The topological polar surface area (TPSA) is 26.0 Å². The normalized spacial score (nSPS) is 17.1. The second kappa shape index (κ2) is 5.57. The Kier molecular flexibility index (Phi) is 4.09. The van der Waals surface area contributed by atoms with Gasteiger partial charge in [-0.25, -0.2) is 0 Å². The predicted molar refractivity (Wildman–Crippen MR) is 67.3 cm³/mol. The Balaban J connectivity index is 1.97. The van der Waals surface area contributed by atoms with Gasteiger partial charge in [-0.2, -0.15) is 0 Å². The minimum atomic E-state index is 0.748. The van der Waals surface area contributed by atoms with Crippen molar-refractivity contribution in [2.75, 3.05) is 6.54 Å². The molecule has 2 N–H and O–H groups in total. The molecule has 1 saturated carbocycles. The van der Waals surface area contributed by atoms with Gasteiger partial charge in [-0.05, 0) is 43.5 Å². The van der Waals surface area contributed by atoms with Crippen LogP contribution in [0.1, 0.15) is 31.2 Å². The zero-order valence-corrected chi connectivity index (χ0v) is 9.93. The second-order valence-electron chi connectivity index (χ2n) is 4.21. The Bertz CT molecular complexity index is 305. The van der Waals surface area contributed by atoms with Crippen LogP contribution < -0.4 is 5.73 Å². The highest BCUT2D eigenvalue weighted by molar-refractivity contribution is 8.00. The summed E-state index contributed by atoms with van der Waals surface area (Å²) in [6, 6.07) is 8.85. The van der Waals surface area contributed by atoms with E-state index in [1.165, 1.54) is 36.1 Å². The lowest BCUT2D eigenvalue weighted by molar-refractivity contribution is 0.886. The van der Waals surface area contributed by atoms with Gasteiger partial charge in [-0.3, -0.25) is 0 Å². The van der Waals surface area contributed by atoms with Crippen LogP contribution in [-0.2, 0) is 6.42 Å². The summed E-state index contributed by atoms with van der Waals surface area (Å²) < 4.78 is 0. The van der Waals surface area contributed by atoms with Gasteiger partial charge in [-0.1, -0.05) is 25.0 Å². The van der Waals surface area contributed by atoms with Crippen molar-refractivity contribution < 1.29 is 0 Å². The lowest BCUT2D eigenvalue weighted by Gasteiger charge is -2.09. The largest absolute Gasteiger partial charge is 0.330 e. The number of nitrogens with two attached hydrogens (primary N) is 1. The fourth-order valence-electron chi connectivity index (χ4n) is 2.14. The number of hydrogen-bond donors (Lipinski definition) is 1. The highest BCUT2D eigenvalue weighted by atomic mass is 32.2. The Morgan fingerprint density at radius 1 is 1.27 bits per heavy atom. The van der Waals surface area contributed by atoms with Crippen LogP contribution in [0.4, 0.5) is 0 Å². The highest BCUT2D eigenvalue weighted by Crippen LogP contribution is 2.34. The van der Waals surface area contributed by atoms with E-state index in [-0.39, 0.29) is 0 Å². The summed E-state index contributed by atoms with van der Waals surface area (Å²) in [5.74, 6) is 0. The molecule has 0 amide bonds. The summed E-state index contributed by atoms with van der Waals surface area (Å²) in [7, 11) is 0. The molecule has 0 atom stereocenters. The average Bonchev–Trinajstić information content (AvgIpc) is 2.71. The zero-order valence-electron chi connectivity index (χ0n) is 9.11. The molecule has 1 aliphatic carbocycles. The molecular weight excluding hydrogens is 202 g/mol. The monoisotopic (exact) mass is 221 g/mol. The van der Waals surface area contributed by atoms with Crippen molar-refractivity contribution in [3.8, 4) is 0 Å². The molecule has 0 unspecified atom stereocenters. The molecule has 0 saturated heterocycles. The zero-order chi connectivity index (χ0) is 10.5. The van der Waals surface area contributed by atoms with Crippen LogP contribution in [-0.4, -0.2) is 11.8 Å². The standard InChI is InChI=1S/C13H19NS/c14-9-8-11-4-3-7-13(10-11)15-12-5-1-2-6-12/h3-4,7,10,12H,1-2,5-6,8-9,14H2. The van der Waals surface area contributed by atoms with Crippen molar-refractivity contribution in [2.45, 2.75) is 42.2 Å². The molecule has 1 nitrogen and oxygen atoms in total. The van der Waals surface area contributed by atoms with E-state index in [9.17, 15) is 0 Å².